The summed E-state index contributed by atoms with van der Waals surface area (Å²) in [6.45, 7) is 3.99. The lowest BCUT2D eigenvalue weighted by Gasteiger charge is -2.20. The molecular formula is C24H23ClN4O4. The number of benzene rings is 2. The third-order valence-electron chi connectivity index (χ3n) is 5.22. The van der Waals surface area contributed by atoms with Gasteiger partial charge in [-0.3, -0.25) is 9.59 Å². The van der Waals surface area contributed by atoms with Crippen molar-refractivity contribution in [2.24, 2.45) is 5.92 Å². The van der Waals surface area contributed by atoms with E-state index < -0.39 is 5.92 Å². The number of aryl methyl sites for hydroxylation is 2. The number of nitrogens with zero attached hydrogens (tertiary/aromatic N) is 3. The van der Waals surface area contributed by atoms with Gasteiger partial charge < -0.3 is 19.7 Å². The Morgan fingerprint density at radius 1 is 1.09 bits per heavy atom. The van der Waals surface area contributed by atoms with Crippen LogP contribution in [0.4, 0.5) is 11.4 Å². The van der Waals surface area contributed by atoms with Gasteiger partial charge in [0.1, 0.15) is 11.5 Å². The first-order valence-corrected chi connectivity index (χ1v) is 10.7. The van der Waals surface area contributed by atoms with Gasteiger partial charge >= 0.3 is 6.01 Å². The van der Waals surface area contributed by atoms with Crippen molar-refractivity contribution in [3.05, 3.63) is 64.9 Å². The van der Waals surface area contributed by atoms with Crippen LogP contribution in [0.3, 0.4) is 0 Å². The van der Waals surface area contributed by atoms with Crippen molar-refractivity contribution in [2.45, 2.75) is 20.3 Å². The summed E-state index contributed by atoms with van der Waals surface area (Å²) in [5, 5.41) is 3.35. The molecule has 2 amide bonds. The Labute approximate surface area is 196 Å². The number of methoxy groups -OCH3 is 1. The minimum atomic E-state index is -0.499. The fourth-order valence-corrected chi connectivity index (χ4v) is 3.85. The number of aromatic nitrogens is 2. The number of halogens is 1. The molecule has 1 N–H and O–H groups in total. The predicted octanol–water partition coefficient (Wildman–Crippen LogP) is 4.54. The number of ether oxygens (including phenoxy) is 2. The van der Waals surface area contributed by atoms with Gasteiger partial charge in [0.25, 0.3) is 0 Å². The Kier molecular flexibility index (Phi) is 6.46. The number of hydrogen-bond donors (Lipinski definition) is 1. The molecule has 1 aromatic heterocycles. The van der Waals surface area contributed by atoms with E-state index in [2.05, 4.69) is 15.3 Å². The molecule has 0 saturated carbocycles. The van der Waals surface area contributed by atoms with Gasteiger partial charge in [0.15, 0.2) is 0 Å². The lowest BCUT2D eigenvalue weighted by Crippen LogP contribution is -2.28. The van der Waals surface area contributed by atoms with Gasteiger partial charge in [0.2, 0.25) is 11.8 Å². The molecule has 1 unspecified atom stereocenters. The molecule has 3 aromatic rings. The average molecular weight is 467 g/mol. The molecule has 1 aliphatic rings. The molecule has 1 saturated heterocycles. The fourth-order valence-electron chi connectivity index (χ4n) is 3.69. The lowest BCUT2D eigenvalue weighted by molar-refractivity contribution is -0.122. The van der Waals surface area contributed by atoms with E-state index in [0.717, 1.165) is 11.4 Å². The van der Waals surface area contributed by atoms with Crippen molar-refractivity contribution in [3.63, 3.8) is 0 Å². The summed E-state index contributed by atoms with van der Waals surface area (Å²) in [7, 11) is 1.52. The van der Waals surface area contributed by atoms with Crippen LogP contribution in [0.2, 0.25) is 5.02 Å². The molecular weight excluding hydrogens is 444 g/mol. The summed E-state index contributed by atoms with van der Waals surface area (Å²) >= 11 is 6.09. The van der Waals surface area contributed by atoms with E-state index in [1.807, 2.05) is 19.9 Å². The molecule has 1 atom stereocenters. The Morgan fingerprint density at radius 2 is 1.79 bits per heavy atom. The molecule has 33 heavy (non-hydrogen) atoms. The van der Waals surface area contributed by atoms with E-state index in [0.29, 0.717) is 27.9 Å². The Balaban J connectivity index is 1.40. The molecule has 4 rings (SSSR count). The number of carbonyl (C=O) groups is 2. The van der Waals surface area contributed by atoms with Crippen LogP contribution in [0, 0.1) is 19.8 Å². The molecule has 0 aliphatic carbocycles. The number of anilines is 2. The van der Waals surface area contributed by atoms with E-state index >= 15 is 0 Å². The minimum Gasteiger partial charge on any atom is -0.495 e. The summed E-state index contributed by atoms with van der Waals surface area (Å²) in [6.07, 6.45) is 0.104. The van der Waals surface area contributed by atoms with Gasteiger partial charge in [-0.1, -0.05) is 11.6 Å². The van der Waals surface area contributed by atoms with E-state index in [9.17, 15) is 9.59 Å². The third-order valence-corrected chi connectivity index (χ3v) is 5.46. The fraction of sp³-hybridized carbons (Fsp3) is 0.250. The molecule has 1 aliphatic heterocycles. The Bertz CT molecular complexity index is 1180. The average Bonchev–Trinajstić information content (AvgIpc) is 3.16. The first-order chi connectivity index (χ1) is 15.8. The van der Waals surface area contributed by atoms with Crippen LogP contribution in [0.15, 0.2) is 48.5 Å². The predicted molar refractivity (Wildman–Crippen MR) is 125 cm³/mol. The smallest absolute Gasteiger partial charge is 0.322 e. The highest BCUT2D eigenvalue weighted by atomic mass is 35.5. The molecule has 1 fully saturated rings. The molecule has 0 bridgehead atoms. The molecule has 170 valence electrons. The normalized spacial score (nSPS) is 15.5. The first-order valence-electron chi connectivity index (χ1n) is 10.4. The van der Waals surface area contributed by atoms with E-state index in [1.54, 1.807) is 42.5 Å². The summed E-state index contributed by atoms with van der Waals surface area (Å²) in [4.78, 5) is 35.5. The van der Waals surface area contributed by atoms with Gasteiger partial charge in [-0.15, -0.1) is 0 Å². The maximum Gasteiger partial charge on any atom is 0.322 e. The lowest BCUT2D eigenvalue weighted by atomic mass is 10.1. The van der Waals surface area contributed by atoms with E-state index in [4.69, 9.17) is 21.1 Å². The summed E-state index contributed by atoms with van der Waals surface area (Å²) < 4.78 is 11.0. The van der Waals surface area contributed by atoms with Crippen molar-refractivity contribution in [1.29, 1.82) is 0 Å². The highest BCUT2D eigenvalue weighted by Gasteiger charge is 2.36. The largest absolute Gasteiger partial charge is 0.495 e. The maximum atomic E-state index is 12.8. The van der Waals surface area contributed by atoms with Crippen LogP contribution in [0.1, 0.15) is 17.8 Å². The monoisotopic (exact) mass is 466 g/mol. The van der Waals surface area contributed by atoms with Crippen molar-refractivity contribution in [3.8, 4) is 17.5 Å². The quantitative estimate of drug-likeness (QED) is 0.573. The Hall–Kier alpha value is -3.65. The van der Waals surface area contributed by atoms with Crippen LogP contribution in [0.5, 0.6) is 17.5 Å². The third kappa shape index (κ3) is 5.23. The molecule has 2 aromatic carbocycles. The van der Waals surface area contributed by atoms with Crippen LogP contribution < -0.4 is 19.7 Å². The summed E-state index contributed by atoms with van der Waals surface area (Å²) in [5.74, 6) is 0.178. The standard InChI is InChI=1S/C24H23ClN4O4/c1-14-10-15(2)27-24(26-14)33-19-7-5-18(6-8-19)28-23(31)16-11-22(30)29(13-16)20-12-17(25)4-9-21(20)32-3/h4-10,12,16H,11,13H2,1-3H3,(H,28,31). The molecule has 9 heteroatoms. The molecule has 8 nitrogen and oxygen atoms in total. The number of carbonyl (C=O) groups excluding carboxylic acids is 2. The van der Waals surface area contributed by atoms with Crippen molar-refractivity contribution < 1.29 is 19.1 Å². The number of rotatable bonds is 6. The number of hydrogen-bond acceptors (Lipinski definition) is 6. The second-order valence-electron chi connectivity index (χ2n) is 7.77. The first kappa shape index (κ1) is 22.5. The Morgan fingerprint density at radius 3 is 2.45 bits per heavy atom. The van der Waals surface area contributed by atoms with Crippen LogP contribution in [-0.2, 0) is 9.59 Å². The zero-order valence-electron chi connectivity index (χ0n) is 18.5. The maximum absolute atomic E-state index is 12.8. The summed E-state index contributed by atoms with van der Waals surface area (Å²) in [5.41, 5.74) is 2.79. The zero-order valence-corrected chi connectivity index (χ0v) is 19.2. The highest BCUT2D eigenvalue weighted by molar-refractivity contribution is 6.31. The number of amides is 2. The van der Waals surface area contributed by atoms with Gasteiger partial charge in [0, 0.05) is 35.1 Å². The zero-order chi connectivity index (χ0) is 23.5. The molecule has 0 spiro atoms. The van der Waals surface area contributed by atoms with Gasteiger partial charge in [0.05, 0.1) is 18.7 Å². The van der Waals surface area contributed by atoms with Crippen molar-refractivity contribution in [1.82, 2.24) is 9.97 Å². The highest BCUT2D eigenvalue weighted by Crippen LogP contribution is 2.35. The van der Waals surface area contributed by atoms with Gasteiger partial charge in [-0.25, -0.2) is 9.97 Å². The second kappa shape index (κ2) is 9.46. The van der Waals surface area contributed by atoms with Crippen molar-refractivity contribution >= 4 is 34.8 Å². The van der Waals surface area contributed by atoms with Crippen molar-refractivity contribution in [2.75, 3.05) is 23.9 Å². The SMILES string of the molecule is COc1ccc(Cl)cc1N1CC(C(=O)Nc2ccc(Oc3nc(C)cc(C)n3)cc2)CC1=O. The van der Waals surface area contributed by atoms with Gasteiger partial charge in [-0.2, -0.15) is 0 Å². The van der Waals surface area contributed by atoms with E-state index in [-0.39, 0.29) is 30.8 Å². The minimum absolute atomic E-state index is 0.104. The summed E-state index contributed by atoms with van der Waals surface area (Å²) in [6, 6.07) is 14.1. The second-order valence-corrected chi connectivity index (χ2v) is 8.21. The van der Waals surface area contributed by atoms with Crippen LogP contribution >= 0.6 is 11.6 Å². The van der Waals surface area contributed by atoms with Crippen LogP contribution in [0.25, 0.3) is 0 Å². The van der Waals surface area contributed by atoms with Gasteiger partial charge in [-0.05, 0) is 62.4 Å². The number of nitrogens with one attached hydrogen (secondary N) is 1. The molecule has 0 radical (unpaired) electrons. The topological polar surface area (TPSA) is 93.7 Å². The molecule has 2 heterocycles. The van der Waals surface area contributed by atoms with Crippen LogP contribution in [-0.4, -0.2) is 35.4 Å². The van der Waals surface area contributed by atoms with E-state index in [1.165, 1.54) is 12.0 Å².